The first-order valence-electron chi connectivity index (χ1n) is 9.42. The van der Waals surface area contributed by atoms with Gasteiger partial charge in [0.2, 0.25) is 0 Å². The molecule has 0 spiro atoms. The maximum absolute atomic E-state index is 15.1. The van der Waals surface area contributed by atoms with Crippen LogP contribution in [-0.2, 0) is 10.3 Å². The molecule has 0 aromatic heterocycles. The predicted molar refractivity (Wildman–Crippen MR) is 114 cm³/mol. The first-order chi connectivity index (χ1) is 13.4. The molecule has 0 radical (unpaired) electrons. The molecule has 4 atom stereocenters. The fourth-order valence-corrected chi connectivity index (χ4v) is 4.72. The normalized spacial score (nSPS) is 27.2. The van der Waals surface area contributed by atoms with Crippen LogP contribution in [0.3, 0.4) is 0 Å². The minimum atomic E-state index is -1.32. The maximum atomic E-state index is 15.1. The lowest BCUT2D eigenvalue weighted by atomic mass is 9.68. The van der Waals surface area contributed by atoms with Crippen molar-refractivity contribution in [2.75, 3.05) is 0 Å². The van der Waals surface area contributed by atoms with Crippen LogP contribution in [0.4, 0.5) is 4.39 Å². The van der Waals surface area contributed by atoms with Crippen molar-refractivity contribution in [3.8, 4) is 0 Å². The molecule has 3 rings (SSSR count). The number of hydrogen-bond acceptors (Lipinski definition) is 3. The molecular formula is C22H25Cl2FN2O2. The number of aliphatic carboxylic acids is 1. The molecule has 4 N–H and O–H groups in total. The van der Waals surface area contributed by atoms with Crippen molar-refractivity contribution in [1.29, 1.82) is 0 Å². The van der Waals surface area contributed by atoms with Crippen molar-refractivity contribution in [1.82, 2.24) is 5.32 Å². The summed E-state index contributed by atoms with van der Waals surface area (Å²) < 4.78 is 15.1. The Labute approximate surface area is 180 Å². The van der Waals surface area contributed by atoms with Crippen molar-refractivity contribution < 1.29 is 14.3 Å². The third kappa shape index (κ3) is 4.29. The summed E-state index contributed by atoms with van der Waals surface area (Å²) in [6, 6.07) is 9.78. The van der Waals surface area contributed by atoms with Gasteiger partial charge in [-0.3, -0.25) is 10.1 Å². The van der Waals surface area contributed by atoms with Gasteiger partial charge >= 0.3 is 5.97 Å². The number of nitrogens with one attached hydrogen (secondary N) is 1. The number of carboxylic acid groups (broad SMARTS) is 1. The molecule has 1 aliphatic heterocycles. The van der Waals surface area contributed by atoms with Crippen LogP contribution >= 0.6 is 23.2 Å². The average molecular weight is 439 g/mol. The van der Waals surface area contributed by atoms with Crippen LogP contribution in [0.15, 0.2) is 42.5 Å². The number of halogens is 3. The monoisotopic (exact) mass is 438 g/mol. The molecule has 2 aromatic rings. The van der Waals surface area contributed by atoms with Crippen LogP contribution in [0.2, 0.25) is 10.0 Å². The first kappa shape index (κ1) is 22.0. The third-order valence-corrected chi connectivity index (χ3v) is 5.96. The summed E-state index contributed by atoms with van der Waals surface area (Å²) in [5.41, 5.74) is 6.37. The van der Waals surface area contributed by atoms with E-state index in [4.69, 9.17) is 28.9 Å². The van der Waals surface area contributed by atoms with Crippen molar-refractivity contribution in [2.45, 2.75) is 50.7 Å². The zero-order valence-electron chi connectivity index (χ0n) is 16.5. The van der Waals surface area contributed by atoms with Gasteiger partial charge in [-0.25, -0.2) is 4.39 Å². The fourth-order valence-electron chi connectivity index (χ4n) is 4.36. The van der Waals surface area contributed by atoms with Crippen LogP contribution < -0.4 is 11.1 Å². The third-order valence-electron chi connectivity index (χ3n) is 5.49. The summed E-state index contributed by atoms with van der Waals surface area (Å²) in [6.07, 6.45) is 0.548. The van der Waals surface area contributed by atoms with Crippen molar-refractivity contribution in [2.24, 2.45) is 11.1 Å². The zero-order valence-corrected chi connectivity index (χ0v) is 18.1. The summed E-state index contributed by atoms with van der Waals surface area (Å²) in [5, 5.41) is 13.9. The molecule has 156 valence electrons. The van der Waals surface area contributed by atoms with Crippen molar-refractivity contribution >= 4 is 29.2 Å². The van der Waals surface area contributed by atoms with Crippen LogP contribution in [-0.4, -0.2) is 23.2 Å². The average Bonchev–Trinajstić information content (AvgIpc) is 2.86. The van der Waals surface area contributed by atoms with Gasteiger partial charge in [-0.05, 0) is 41.7 Å². The summed E-state index contributed by atoms with van der Waals surface area (Å²) in [6.45, 7) is 6.11. The van der Waals surface area contributed by atoms with Crippen molar-refractivity contribution in [3.05, 3.63) is 69.5 Å². The molecule has 7 heteroatoms. The van der Waals surface area contributed by atoms with E-state index < -0.39 is 35.3 Å². The Hall–Kier alpha value is -1.66. The van der Waals surface area contributed by atoms with Crippen LogP contribution in [0.5, 0.6) is 0 Å². The Morgan fingerprint density at radius 2 is 1.86 bits per heavy atom. The second-order valence-corrected chi connectivity index (χ2v) is 9.76. The standard InChI is InChI=1S/C22H25Cl2FN2O2/c1-21(2,3)11-17-22(26,15-8-7-14(24)10-16(15)25)18(19(27-17)20(28)29)12-5-4-6-13(23)9-12/h4-10,17-19,27H,11,26H2,1-3H3,(H,28,29). The second-order valence-electron chi connectivity index (χ2n) is 8.89. The van der Waals surface area contributed by atoms with E-state index in [1.165, 1.54) is 6.07 Å². The van der Waals surface area contributed by atoms with Gasteiger partial charge < -0.3 is 10.8 Å². The minimum Gasteiger partial charge on any atom is -0.480 e. The van der Waals surface area contributed by atoms with E-state index in [0.29, 0.717) is 17.0 Å². The molecule has 1 heterocycles. The topological polar surface area (TPSA) is 75.3 Å². The fraction of sp³-hybridized carbons (Fsp3) is 0.409. The molecule has 0 saturated carbocycles. The molecule has 1 saturated heterocycles. The highest BCUT2D eigenvalue weighted by Crippen LogP contribution is 2.49. The zero-order chi connectivity index (χ0) is 21.6. The van der Waals surface area contributed by atoms with E-state index in [1.54, 1.807) is 36.4 Å². The Kier molecular flexibility index (Phi) is 5.98. The minimum absolute atomic E-state index is 0.169. The van der Waals surface area contributed by atoms with Gasteiger partial charge in [0.05, 0.1) is 5.54 Å². The highest BCUT2D eigenvalue weighted by Gasteiger charge is 2.57. The number of rotatable bonds is 4. The summed E-state index contributed by atoms with van der Waals surface area (Å²) in [5.74, 6) is -2.34. The lowest BCUT2D eigenvalue weighted by molar-refractivity contribution is -0.139. The molecule has 0 aliphatic carbocycles. The van der Waals surface area contributed by atoms with Gasteiger partial charge in [-0.1, -0.05) is 62.2 Å². The van der Waals surface area contributed by atoms with Crippen molar-refractivity contribution in [3.63, 3.8) is 0 Å². The van der Waals surface area contributed by atoms with Crippen LogP contribution in [0.1, 0.15) is 44.2 Å². The molecule has 1 fully saturated rings. The van der Waals surface area contributed by atoms with E-state index in [1.807, 2.05) is 20.8 Å². The Bertz CT molecular complexity index is 931. The second kappa shape index (κ2) is 7.88. The summed E-state index contributed by atoms with van der Waals surface area (Å²) >= 11 is 12.1. The Balaban J connectivity index is 2.26. The maximum Gasteiger partial charge on any atom is 0.321 e. The SMILES string of the molecule is CC(C)(C)CC1NC(C(=O)O)C(c2cccc(Cl)c2)C1(N)c1ccc(Cl)cc1F. The first-order valence-corrected chi connectivity index (χ1v) is 10.2. The van der Waals surface area contributed by atoms with E-state index in [-0.39, 0.29) is 16.0 Å². The number of nitrogens with two attached hydrogens (primary N) is 1. The number of benzene rings is 2. The van der Waals surface area contributed by atoms with Gasteiger partial charge in [0.25, 0.3) is 0 Å². The lowest BCUT2D eigenvalue weighted by Gasteiger charge is -2.39. The molecule has 0 bridgehead atoms. The summed E-state index contributed by atoms with van der Waals surface area (Å²) in [7, 11) is 0. The van der Waals surface area contributed by atoms with E-state index >= 15 is 4.39 Å². The molecule has 2 aromatic carbocycles. The highest BCUT2D eigenvalue weighted by atomic mass is 35.5. The molecule has 1 aliphatic rings. The quantitative estimate of drug-likeness (QED) is 0.632. The highest BCUT2D eigenvalue weighted by molar-refractivity contribution is 6.30. The molecular weight excluding hydrogens is 414 g/mol. The summed E-state index contributed by atoms with van der Waals surface area (Å²) in [4.78, 5) is 12.2. The van der Waals surface area contributed by atoms with Gasteiger partial charge in [0, 0.05) is 27.6 Å². The molecule has 29 heavy (non-hydrogen) atoms. The van der Waals surface area contributed by atoms with Crippen LogP contribution in [0, 0.1) is 11.2 Å². The molecule has 4 unspecified atom stereocenters. The molecule has 0 amide bonds. The Morgan fingerprint density at radius 1 is 1.21 bits per heavy atom. The van der Waals surface area contributed by atoms with Crippen LogP contribution in [0.25, 0.3) is 0 Å². The van der Waals surface area contributed by atoms with Gasteiger partial charge in [0.15, 0.2) is 0 Å². The Morgan fingerprint density at radius 3 is 2.41 bits per heavy atom. The number of carbonyl (C=O) groups is 1. The lowest BCUT2D eigenvalue weighted by Crippen LogP contribution is -2.52. The van der Waals surface area contributed by atoms with E-state index in [0.717, 1.165) is 0 Å². The van der Waals surface area contributed by atoms with Gasteiger partial charge in [-0.15, -0.1) is 0 Å². The van der Waals surface area contributed by atoms with Gasteiger partial charge in [-0.2, -0.15) is 0 Å². The smallest absolute Gasteiger partial charge is 0.321 e. The number of carboxylic acids is 1. The number of hydrogen-bond donors (Lipinski definition) is 3. The predicted octanol–water partition coefficient (Wildman–Crippen LogP) is 4.93. The van der Waals surface area contributed by atoms with Gasteiger partial charge in [0.1, 0.15) is 11.9 Å². The van der Waals surface area contributed by atoms with E-state index in [9.17, 15) is 9.90 Å². The molecule has 4 nitrogen and oxygen atoms in total. The largest absolute Gasteiger partial charge is 0.480 e. The van der Waals surface area contributed by atoms with E-state index in [2.05, 4.69) is 5.32 Å².